The maximum absolute atomic E-state index is 13.7. The van der Waals surface area contributed by atoms with Gasteiger partial charge in [-0.25, -0.2) is 13.2 Å². The number of carbonyl (C=O) groups is 1. The van der Waals surface area contributed by atoms with Gasteiger partial charge in [0.25, 0.3) is 0 Å². The summed E-state index contributed by atoms with van der Waals surface area (Å²) in [7, 11) is 0. The molecular weight excluding hydrogens is 383 g/mol. The van der Waals surface area contributed by atoms with Crippen molar-refractivity contribution in [2.75, 3.05) is 5.32 Å². The van der Waals surface area contributed by atoms with Crippen LogP contribution in [0.1, 0.15) is 6.92 Å². The number of phenols is 1. The summed E-state index contributed by atoms with van der Waals surface area (Å²) in [5, 5.41) is 22.2. The number of aromatic nitrogens is 4. The largest absolute Gasteiger partial charge is 0.508 e. The van der Waals surface area contributed by atoms with Crippen molar-refractivity contribution in [3.63, 3.8) is 0 Å². The average Bonchev–Trinajstić information content (AvgIpc) is 3.10. The molecule has 1 atom stereocenters. The van der Waals surface area contributed by atoms with E-state index in [2.05, 4.69) is 20.8 Å². The van der Waals surface area contributed by atoms with Crippen LogP contribution in [-0.4, -0.2) is 36.5 Å². The van der Waals surface area contributed by atoms with Crippen molar-refractivity contribution in [3.05, 3.63) is 53.8 Å². The molecule has 7 nitrogen and oxygen atoms in total. The van der Waals surface area contributed by atoms with E-state index < -0.39 is 34.3 Å². The highest BCUT2D eigenvalue weighted by Gasteiger charge is 2.22. The predicted octanol–water partition coefficient (Wildman–Crippen LogP) is 2.90. The third-order valence-corrected chi connectivity index (χ3v) is 4.51. The number of thioether (sulfide) groups is 1. The number of tetrazole rings is 1. The molecule has 0 aliphatic heterocycles. The number of amides is 1. The minimum Gasteiger partial charge on any atom is -0.508 e. The van der Waals surface area contributed by atoms with Gasteiger partial charge in [-0.05, 0) is 53.7 Å². The molecule has 27 heavy (non-hydrogen) atoms. The molecule has 1 heterocycles. The number of aromatic hydroxyl groups is 1. The Morgan fingerprint density at radius 2 is 1.85 bits per heavy atom. The summed E-state index contributed by atoms with van der Waals surface area (Å²) in [6, 6.07) is 7.72. The Hall–Kier alpha value is -3.08. The Bertz CT molecular complexity index is 981. The van der Waals surface area contributed by atoms with E-state index in [-0.39, 0.29) is 10.9 Å². The Morgan fingerprint density at radius 3 is 2.56 bits per heavy atom. The Labute approximate surface area is 155 Å². The van der Waals surface area contributed by atoms with Crippen LogP contribution in [0.4, 0.5) is 18.9 Å². The molecule has 3 aromatic rings. The highest BCUT2D eigenvalue weighted by molar-refractivity contribution is 8.00. The molecule has 0 saturated carbocycles. The first kappa shape index (κ1) is 18.7. The van der Waals surface area contributed by atoms with Gasteiger partial charge in [-0.2, -0.15) is 4.68 Å². The maximum Gasteiger partial charge on any atom is 0.237 e. The fourth-order valence-corrected chi connectivity index (χ4v) is 2.88. The Morgan fingerprint density at radius 1 is 1.15 bits per heavy atom. The van der Waals surface area contributed by atoms with Crippen molar-refractivity contribution in [1.82, 2.24) is 20.2 Å². The molecule has 0 fully saturated rings. The first-order chi connectivity index (χ1) is 12.9. The van der Waals surface area contributed by atoms with Crippen LogP contribution in [0.3, 0.4) is 0 Å². The predicted molar refractivity (Wildman–Crippen MR) is 91.1 cm³/mol. The van der Waals surface area contributed by atoms with Gasteiger partial charge in [0.15, 0.2) is 17.5 Å². The zero-order chi connectivity index (χ0) is 19.6. The van der Waals surface area contributed by atoms with Gasteiger partial charge in [0, 0.05) is 0 Å². The van der Waals surface area contributed by atoms with Crippen molar-refractivity contribution in [3.8, 4) is 11.4 Å². The quantitative estimate of drug-likeness (QED) is 0.510. The van der Waals surface area contributed by atoms with Crippen molar-refractivity contribution >= 4 is 23.4 Å². The lowest BCUT2D eigenvalue weighted by Crippen LogP contribution is -2.23. The van der Waals surface area contributed by atoms with Crippen LogP contribution in [0, 0.1) is 17.5 Å². The number of phenolic OH excluding ortho intramolecular Hbond substituents is 1. The summed E-state index contributed by atoms with van der Waals surface area (Å²) in [6.07, 6.45) is 0. The van der Waals surface area contributed by atoms with Crippen LogP contribution >= 0.6 is 11.8 Å². The zero-order valence-corrected chi connectivity index (χ0v) is 14.5. The standard InChI is InChI=1S/C16H12F3N5O2S/c1-8(15(26)20-12-7-6-11(17)13(18)14(12)19)27-16-21-22-23-24(16)9-2-4-10(25)5-3-9/h2-8,25H,1H3,(H,20,26)/t8-/m1/s1. The summed E-state index contributed by atoms with van der Waals surface area (Å²) >= 11 is 0.978. The monoisotopic (exact) mass is 395 g/mol. The molecule has 11 heteroatoms. The Balaban J connectivity index is 1.74. The van der Waals surface area contributed by atoms with Crippen LogP contribution in [-0.2, 0) is 4.79 Å². The second-order valence-electron chi connectivity index (χ2n) is 5.36. The summed E-state index contributed by atoms with van der Waals surface area (Å²) in [5.74, 6) is -5.06. The number of hydrogen-bond donors (Lipinski definition) is 2. The van der Waals surface area contributed by atoms with Crippen molar-refractivity contribution in [1.29, 1.82) is 0 Å². The molecule has 2 aromatic carbocycles. The summed E-state index contributed by atoms with van der Waals surface area (Å²) in [6.45, 7) is 1.52. The lowest BCUT2D eigenvalue weighted by Gasteiger charge is -2.12. The van der Waals surface area contributed by atoms with Gasteiger partial charge in [-0.3, -0.25) is 4.79 Å². The second kappa shape index (κ2) is 7.66. The molecule has 0 bridgehead atoms. The van der Waals surface area contributed by atoms with Crippen molar-refractivity contribution in [2.45, 2.75) is 17.3 Å². The number of nitrogens with zero attached hydrogens (tertiary/aromatic N) is 4. The van der Waals surface area contributed by atoms with E-state index in [1.165, 1.54) is 23.7 Å². The smallest absolute Gasteiger partial charge is 0.237 e. The maximum atomic E-state index is 13.7. The molecule has 2 N–H and O–H groups in total. The van der Waals surface area contributed by atoms with Gasteiger partial charge in [0.1, 0.15) is 5.75 Å². The summed E-state index contributed by atoms with van der Waals surface area (Å²) in [5.41, 5.74) is 0.0871. The minimum absolute atomic E-state index is 0.0716. The fourth-order valence-electron chi connectivity index (χ4n) is 2.08. The first-order valence-electron chi connectivity index (χ1n) is 7.55. The molecule has 0 spiro atoms. The number of hydrogen-bond acceptors (Lipinski definition) is 6. The van der Waals surface area contributed by atoms with Gasteiger partial charge >= 0.3 is 0 Å². The van der Waals surface area contributed by atoms with E-state index in [9.17, 15) is 23.1 Å². The number of carbonyl (C=O) groups excluding carboxylic acids is 1. The third-order valence-electron chi connectivity index (χ3n) is 3.48. The van der Waals surface area contributed by atoms with Crippen LogP contribution in [0.15, 0.2) is 41.6 Å². The topological polar surface area (TPSA) is 92.9 Å². The first-order valence-corrected chi connectivity index (χ1v) is 8.43. The van der Waals surface area contributed by atoms with Gasteiger partial charge in [0.2, 0.25) is 11.1 Å². The van der Waals surface area contributed by atoms with E-state index in [0.29, 0.717) is 5.69 Å². The summed E-state index contributed by atoms with van der Waals surface area (Å²) < 4.78 is 41.3. The highest BCUT2D eigenvalue weighted by Crippen LogP contribution is 2.26. The highest BCUT2D eigenvalue weighted by atomic mass is 32.2. The van der Waals surface area contributed by atoms with Crippen LogP contribution in [0.25, 0.3) is 5.69 Å². The van der Waals surface area contributed by atoms with Crippen LogP contribution in [0.2, 0.25) is 0 Å². The van der Waals surface area contributed by atoms with E-state index in [1.54, 1.807) is 12.1 Å². The second-order valence-corrected chi connectivity index (χ2v) is 6.67. The van der Waals surface area contributed by atoms with E-state index >= 15 is 0 Å². The number of anilines is 1. The number of rotatable bonds is 5. The van der Waals surface area contributed by atoms with Gasteiger partial charge in [0.05, 0.1) is 16.6 Å². The summed E-state index contributed by atoms with van der Waals surface area (Å²) in [4.78, 5) is 12.3. The molecular formula is C16H12F3N5O2S. The van der Waals surface area contributed by atoms with Gasteiger partial charge in [-0.1, -0.05) is 11.8 Å². The molecule has 0 radical (unpaired) electrons. The minimum atomic E-state index is -1.66. The molecule has 1 aromatic heterocycles. The van der Waals surface area contributed by atoms with Crippen molar-refractivity contribution < 1.29 is 23.1 Å². The molecule has 0 saturated heterocycles. The molecule has 0 aliphatic rings. The molecule has 0 aliphatic carbocycles. The van der Waals surface area contributed by atoms with Crippen LogP contribution < -0.4 is 5.32 Å². The van der Waals surface area contributed by atoms with E-state index in [4.69, 9.17) is 0 Å². The fraction of sp³-hybridized carbons (Fsp3) is 0.125. The molecule has 3 rings (SSSR count). The van der Waals surface area contributed by atoms with Crippen molar-refractivity contribution in [2.24, 2.45) is 0 Å². The number of nitrogens with one attached hydrogen (secondary N) is 1. The average molecular weight is 395 g/mol. The third kappa shape index (κ3) is 4.03. The Kier molecular flexibility index (Phi) is 5.31. The van der Waals surface area contributed by atoms with Gasteiger partial charge < -0.3 is 10.4 Å². The van der Waals surface area contributed by atoms with E-state index in [1.807, 2.05) is 0 Å². The van der Waals surface area contributed by atoms with Gasteiger partial charge in [-0.15, -0.1) is 5.10 Å². The zero-order valence-electron chi connectivity index (χ0n) is 13.7. The molecule has 1 amide bonds. The number of benzene rings is 2. The lowest BCUT2D eigenvalue weighted by molar-refractivity contribution is -0.115. The normalized spacial score (nSPS) is 12.0. The number of halogens is 3. The molecule has 140 valence electrons. The SMILES string of the molecule is C[C@@H](Sc1nnnn1-c1ccc(O)cc1)C(=O)Nc1ccc(F)c(F)c1F. The van der Waals surface area contributed by atoms with E-state index in [0.717, 1.165) is 23.9 Å². The molecule has 0 unspecified atom stereocenters. The van der Waals surface area contributed by atoms with Crippen LogP contribution in [0.5, 0.6) is 5.75 Å². The lowest BCUT2D eigenvalue weighted by atomic mass is 10.2.